The fraction of sp³-hybridized carbons (Fsp3) is 0.500. The highest BCUT2D eigenvalue weighted by molar-refractivity contribution is 8.00. The SMILES string of the molecule is CC[C@@H](C)n1nccc1NC(=O)[C@@H](C)Sc1ncnc2sc3c(c12)CCCC3. The largest absolute Gasteiger partial charge is 0.310 e. The summed E-state index contributed by atoms with van der Waals surface area (Å²) < 4.78 is 1.87. The number of nitrogens with one attached hydrogen (secondary N) is 1. The molecule has 1 N–H and O–H groups in total. The standard InChI is InChI=1S/C20H25N5OS2/c1-4-12(2)25-16(9-10-23-25)24-18(26)13(3)27-19-17-14-7-5-6-8-15(14)28-20(17)22-11-21-19/h9-13H,4-8H2,1-3H3,(H,24,26)/t12-,13-/m1/s1. The number of fused-ring (bicyclic) bond motifs is 3. The van der Waals surface area contributed by atoms with Crippen molar-refractivity contribution in [2.45, 2.75) is 69.2 Å². The Morgan fingerprint density at radius 1 is 1.32 bits per heavy atom. The Kier molecular flexibility index (Phi) is 5.68. The maximum absolute atomic E-state index is 12.8. The van der Waals surface area contributed by atoms with Gasteiger partial charge in [-0.05, 0) is 51.5 Å². The van der Waals surface area contributed by atoms with Crippen LogP contribution in [0.3, 0.4) is 0 Å². The van der Waals surface area contributed by atoms with Crippen LogP contribution in [-0.2, 0) is 17.6 Å². The fourth-order valence-electron chi connectivity index (χ4n) is 3.54. The van der Waals surface area contributed by atoms with Crippen LogP contribution in [0.4, 0.5) is 5.82 Å². The van der Waals surface area contributed by atoms with E-state index in [1.807, 2.05) is 17.7 Å². The molecule has 0 aromatic carbocycles. The summed E-state index contributed by atoms with van der Waals surface area (Å²) in [5.41, 5.74) is 1.40. The summed E-state index contributed by atoms with van der Waals surface area (Å²) in [6.45, 7) is 6.13. The molecule has 0 saturated carbocycles. The molecule has 0 bridgehead atoms. The van der Waals surface area contributed by atoms with Gasteiger partial charge < -0.3 is 5.32 Å². The van der Waals surface area contributed by atoms with Crippen molar-refractivity contribution in [2.75, 3.05) is 5.32 Å². The molecular formula is C20H25N5OS2. The molecule has 3 aromatic rings. The molecule has 3 aromatic heterocycles. The first-order valence-corrected chi connectivity index (χ1v) is 11.5. The molecule has 0 spiro atoms. The minimum absolute atomic E-state index is 0.0362. The number of carbonyl (C=O) groups excluding carboxylic acids is 1. The summed E-state index contributed by atoms with van der Waals surface area (Å²) in [5.74, 6) is 0.707. The fourth-order valence-corrected chi connectivity index (χ4v) is 5.78. The van der Waals surface area contributed by atoms with Gasteiger partial charge in [0.25, 0.3) is 0 Å². The summed E-state index contributed by atoms with van der Waals surface area (Å²) in [6.07, 6.45) is 8.99. The van der Waals surface area contributed by atoms with Crippen LogP contribution < -0.4 is 5.32 Å². The summed E-state index contributed by atoms with van der Waals surface area (Å²) in [6, 6.07) is 2.09. The Bertz CT molecular complexity index is 996. The molecule has 4 rings (SSSR count). The molecule has 8 heteroatoms. The molecule has 0 saturated heterocycles. The van der Waals surface area contributed by atoms with Gasteiger partial charge in [-0.3, -0.25) is 4.79 Å². The lowest BCUT2D eigenvalue weighted by Crippen LogP contribution is -2.25. The zero-order valence-corrected chi connectivity index (χ0v) is 18.1. The van der Waals surface area contributed by atoms with E-state index in [4.69, 9.17) is 0 Å². The number of thiophene rings is 1. The highest BCUT2D eigenvalue weighted by Gasteiger charge is 2.23. The number of thioether (sulfide) groups is 1. The van der Waals surface area contributed by atoms with Crippen LogP contribution in [0.1, 0.15) is 56.5 Å². The van der Waals surface area contributed by atoms with Gasteiger partial charge in [0.15, 0.2) is 0 Å². The third kappa shape index (κ3) is 3.67. The van der Waals surface area contributed by atoms with Crippen molar-refractivity contribution in [1.29, 1.82) is 0 Å². The molecule has 6 nitrogen and oxygen atoms in total. The zero-order valence-electron chi connectivity index (χ0n) is 16.4. The third-order valence-corrected chi connectivity index (χ3v) is 7.60. The monoisotopic (exact) mass is 415 g/mol. The minimum atomic E-state index is -0.266. The second-order valence-corrected chi connectivity index (χ2v) is 9.65. The second kappa shape index (κ2) is 8.21. The van der Waals surface area contributed by atoms with Gasteiger partial charge in [-0.15, -0.1) is 11.3 Å². The van der Waals surface area contributed by atoms with Gasteiger partial charge in [-0.2, -0.15) is 5.10 Å². The van der Waals surface area contributed by atoms with Crippen molar-refractivity contribution < 1.29 is 4.79 Å². The Hall–Kier alpha value is -1.93. The Morgan fingerprint density at radius 2 is 2.14 bits per heavy atom. The average Bonchev–Trinajstić information content (AvgIpc) is 3.31. The van der Waals surface area contributed by atoms with Gasteiger partial charge in [0.05, 0.1) is 17.5 Å². The van der Waals surface area contributed by atoms with Crippen LogP contribution in [0, 0.1) is 0 Å². The number of carbonyl (C=O) groups is 1. The number of nitrogens with zero attached hydrogens (tertiary/aromatic N) is 4. The predicted octanol–water partition coefficient (Wildman–Crippen LogP) is 4.86. The quantitative estimate of drug-likeness (QED) is 0.460. The van der Waals surface area contributed by atoms with Crippen molar-refractivity contribution in [1.82, 2.24) is 19.7 Å². The van der Waals surface area contributed by atoms with E-state index in [1.165, 1.54) is 35.0 Å². The molecule has 3 heterocycles. The Balaban J connectivity index is 1.54. The van der Waals surface area contributed by atoms with E-state index in [9.17, 15) is 4.79 Å². The lowest BCUT2D eigenvalue weighted by atomic mass is 9.97. The maximum Gasteiger partial charge on any atom is 0.238 e. The van der Waals surface area contributed by atoms with Crippen molar-refractivity contribution in [2.24, 2.45) is 0 Å². The molecule has 0 aliphatic heterocycles. The molecular weight excluding hydrogens is 390 g/mol. The molecule has 1 aliphatic carbocycles. The van der Waals surface area contributed by atoms with Gasteiger partial charge in [-0.25, -0.2) is 14.6 Å². The zero-order chi connectivity index (χ0) is 19.7. The Labute approximate surface area is 173 Å². The van der Waals surface area contributed by atoms with E-state index in [0.29, 0.717) is 0 Å². The van der Waals surface area contributed by atoms with Gasteiger partial charge in [-0.1, -0.05) is 18.7 Å². The van der Waals surface area contributed by atoms with Crippen molar-refractivity contribution >= 4 is 45.0 Å². The maximum atomic E-state index is 12.8. The van der Waals surface area contributed by atoms with Crippen LogP contribution in [0.2, 0.25) is 0 Å². The molecule has 1 amide bonds. The lowest BCUT2D eigenvalue weighted by molar-refractivity contribution is -0.115. The number of aromatic nitrogens is 4. The summed E-state index contributed by atoms with van der Waals surface area (Å²) in [7, 11) is 0. The Morgan fingerprint density at radius 3 is 2.96 bits per heavy atom. The molecule has 0 radical (unpaired) electrons. The van der Waals surface area contributed by atoms with Crippen LogP contribution in [0.25, 0.3) is 10.2 Å². The van der Waals surface area contributed by atoms with Crippen molar-refractivity contribution in [3.63, 3.8) is 0 Å². The van der Waals surface area contributed by atoms with E-state index in [2.05, 4.69) is 34.2 Å². The van der Waals surface area contributed by atoms with E-state index < -0.39 is 0 Å². The van der Waals surface area contributed by atoms with Crippen LogP contribution in [0.15, 0.2) is 23.6 Å². The lowest BCUT2D eigenvalue weighted by Gasteiger charge is -2.16. The summed E-state index contributed by atoms with van der Waals surface area (Å²) in [4.78, 5) is 24.3. The predicted molar refractivity (Wildman–Crippen MR) is 115 cm³/mol. The molecule has 2 atom stereocenters. The molecule has 148 valence electrons. The van der Waals surface area contributed by atoms with E-state index in [-0.39, 0.29) is 17.2 Å². The number of amides is 1. The highest BCUT2D eigenvalue weighted by Crippen LogP contribution is 2.40. The average molecular weight is 416 g/mol. The summed E-state index contributed by atoms with van der Waals surface area (Å²) in [5, 5.41) is 9.19. The van der Waals surface area contributed by atoms with Gasteiger partial charge >= 0.3 is 0 Å². The smallest absolute Gasteiger partial charge is 0.238 e. The first kappa shape index (κ1) is 19.4. The van der Waals surface area contributed by atoms with E-state index in [0.717, 1.165) is 40.3 Å². The van der Waals surface area contributed by atoms with E-state index >= 15 is 0 Å². The van der Waals surface area contributed by atoms with Crippen LogP contribution in [-0.4, -0.2) is 30.9 Å². The summed E-state index contributed by atoms with van der Waals surface area (Å²) >= 11 is 3.30. The molecule has 28 heavy (non-hydrogen) atoms. The second-order valence-electron chi connectivity index (χ2n) is 7.24. The molecule has 0 unspecified atom stereocenters. The van der Waals surface area contributed by atoms with Crippen LogP contribution >= 0.6 is 23.1 Å². The third-order valence-electron chi connectivity index (χ3n) is 5.30. The normalized spacial score (nSPS) is 16.0. The number of anilines is 1. The molecule has 0 fully saturated rings. The van der Waals surface area contributed by atoms with Gasteiger partial charge in [0.1, 0.15) is 22.0 Å². The first-order valence-electron chi connectivity index (χ1n) is 9.84. The highest BCUT2D eigenvalue weighted by atomic mass is 32.2. The topological polar surface area (TPSA) is 72.7 Å². The van der Waals surface area contributed by atoms with Crippen molar-refractivity contribution in [3.8, 4) is 0 Å². The number of hydrogen-bond acceptors (Lipinski definition) is 6. The molecule has 1 aliphatic rings. The number of hydrogen-bond donors (Lipinski definition) is 1. The number of rotatable bonds is 6. The van der Waals surface area contributed by atoms with Gasteiger partial charge in [0, 0.05) is 16.3 Å². The van der Waals surface area contributed by atoms with Crippen LogP contribution in [0.5, 0.6) is 0 Å². The van der Waals surface area contributed by atoms with Gasteiger partial charge in [0.2, 0.25) is 5.91 Å². The minimum Gasteiger partial charge on any atom is -0.310 e. The van der Waals surface area contributed by atoms with Crippen molar-refractivity contribution in [3.05, 3.63) is 29.0 Å². The van der Waals surface area contributed by atoms with E-state index in [1.54, 1.807) is 23.9 Å². The number of aryl methyl sites for hydroxylation is 2. The first-order chi connectivity index (χ1) is 13.6.